The average molecular weight is 259 g/mol. The molecule has 0 radical (unpaired) electrons. The average Bonchev–Trinajstić information content (AvgIpc) is 2.40. The first kappa shape index (κ1) is 12.4. The maximum Gasteiger partial charge on any atom is 0.124 e. The molecule has 1 aromatic carbocycles. The number of nitrogens with zero attached hydrogens (tertiary/aromatic N) is 1. The van der Waals surface area contributed by atoms with Crippen molar-refractivity contribution < 1.29 is 4.74 Å². The lowest BCUT2D eigenvalue weighted by molar-refractivity contribution is 0.414. The van der Waals surface area contributed by atoms with Gasteiger partial charge in [0.15, 0.2) is 0 Å². The van der Waals surface area contributed by atoms with Crippen LogP contribution in [0, 0.1) is 5.41 Å². The number of hydrogen-bond donors (Lipinski definition) is 2. The third kappa shape index (κ3) is 3.01. The summed E-state index contributed by atoms with van der Waals surface area (Å²) >= 11 is 1.55. The molecule has 0 unspecified atom stereocenters. The van der Waals surface area contributed by atoms with Gasteiger partial charge in [-0.3, -0.25) is 5.41 Å². The first-order chi connectivity index (χ1) is 8.69. The highest BCUT2D eigenvalue weighted by atomic mass is 32.2. The van der Waals surface area contributed by atoms with Crippen LogP contribution in [-0.2, 0) is 0 Å². The van der Waals surface area contributed by atoms with E-state index in [0.29, 0.717) is 5.56 Å². The molecule has 0 amide bonds. The summed E-state index contributed by atoms with van der Waals surface area (Å²) in [7, 11) is 1.64. The van der Waals surface area contributed by atoms with Crippen LogP contribution in [0.4, 0.5) is 0 Å². The number of methoxy groups -OCH3 is 1. The Morgan fingerprint density at radius 3 is 2.44 bits per heavy atom. The fourth-order valence-electron chi connectivity index (χ4n) is 1.36. The van der Waals surface area contributed by atoms with Gasteiger partial charge in [0.05, 0.1) is 7.11 Å². The lowest BCUT2D eigenvalue weighted by Gasteiger charge is -2.03. The number of hydrogen-bond acceptors (Lipinski definition) is 4. The van der Waals surface area contributed by atoms with Gasteiger partial charge in [-0.1, -0.05) is 11.8 Å². The lowest BCUT2D eigenvalue weighted by atomic mass is 10.3. The molecule has 0 bridgehead atoms. The second-order valence-corrected chi connectivity index (χ2v) is 4.67. The van der Waals surface area contributed by atoms with E-state index in [9.17, 15) is 0 Å². The van der Waals surface area contributed by atoms with Gasteiger partial charge in [-0.2, -0.15) is 0 Å². The normalized spacial score (nSPS) is 10.1. The summed E-state index contributed by atoms with van der Waals surface area (Å²) < 4.78 is 5.10. The van der Waals surface area contributed by atoms with Gasteiger partial charge in [0, 0.05) is 16.7 Å². The van der Waals surface area contributed by atoms with Gasteiger partial charge >= 0.3 is 0 Å². The van der Waals surface area contributed by atoms with E-state index < -0.39 is 0 Å². The summed E-state index contributed by atoms with van der Waals surface area (Å²) in [6, 6.07) is 11.4. The Hall–Kier alpha value is -2.01. The van der Waals surface area contributed by atoms with Crippen molar-refractivity contribution in [2.45, 2.75) is 9.92 Å². The first-order valence-electron chi connectivity index (χ1n) is 5.31. The molecule has 0 aliphatic heterocycles. The van der Waals surface area contributed by atoms with E-state index in [1.165, 1.54) is 0 Å². The lowest BCUT2D eigenvalue weighted by Crippen LogP contribution is -2.10. The van der Waals surface area contributed by atoms with E-state index in [0.717, 1.165) is 15.7 Å². The Bertz CT molecular complexity index is 537. The van der Waals surface area contributed by atoms with Gasteiger partial charge in [0.1, 0.15) is 16.6 Å². The van der Waals surface area contributed by atoms with Crippen molar-refractivity contribution in [2.24, 2.45) is 5.73 Å². The summed E-state index contributed by atoms with van der Waals surface area (Å²) in [5.41, 5.74) is 6.00. The number of benzene rings is 1. The van der Waals surface area contributed by atoms with Crippen LogP contribution in [0.5, 0.6) is 5.75 Å². The smallest absolute Gasteiger partial charge is 0.124 e. The van der Waals surface area contributed by atoms with Crippen LogP contribution in [0.2, 0.25) is 0 Å². The van der Waals surface area contributed by atoms with Crippen LogP contribution < -0.4 is 10.5 Å². The van der Waals surface area contributed by atoms with Gasteiger partial charge in [-0.15, -0.1) is 0 Å². The SMILES string of the molecule is COc1ccc(Sc2ccc(C(=N)N)cn2)cc1. The number of rotatable bonds is 4. The molecule has 18 heavy (non-hydrogen) atoms. The molecule has 1 heterocycles. The largest absolute Gasteiger partial charge is 0.497 e. The van der Waals surface area contributed by atoms with E-state index in [1.54, 1.807) is 31.1 Å². The number of pyridine rings is 1. The van der Waals surface area contributed by atoms with E-state index in [4.69, 9.17) is 15.9 Å². The summed E-state index contributed by atoms with van der Waals surface area (Å²) in [6.45, 7) is 0. The molecular weight excluding hydrogens is 246 g/mol. The standard InChI is InChI=1S/C13H13N3OS/c1-17-10-3-5-11(6-4-10)18-12-7-2-9(8-16-12)13(14)15/h2-8H,1H3,(H3,14,15). The van der Waals surface area contributed by atoms with Crippen molar-refractivity contribution in [3.63, 3.8) is 0 Å². The van der Waals surface area contributed by atoms with Crippen molar-refractivity contribution in [2.75, 3.05) is 7.11 Å². The summed E-state index contributed by atoms with van der Waals surface area (Å²) in [4.78, 5) is 5.33. The predicted molar refractivity (Wildman–Crippen MR) is 72.4 cm³/mol. The molecule has 0 aliphatic carbocycles. The zero-order valence-corrected chi connectivity index (χ0v) is 10.7. The summed E-state index contributed by atoms with van der Waals surface area (Å²) in [5, 5.41) is 8.15. The molecule has 5 heteroatoms. The number of nitrogens with one attached hydrogen (secondary N) is 1. The number of ether oxygens (including phenoxy) is 1. The predicted octanol–water partition coefficient (Wildman–Crippen LogP) is 2.53. The monoisotopic (exact) mass is 259 g/mol. The van der Waals surface area contributed by atoms with E-state index >= 15 is 0 Å². The van der Waals surface area contributed by atoms with Crippen molar-refractivity contribution in [3.8, 4) is 5.75 Å². The molecule has 0 aliphatic rings. The topological polar surface area (TPSA) is 72.0 Å². The van der Waals surface area contributed by atoms with Gasteiger partial charge in [-0.05, 0) is 36.4 Å². The highest BCUT2D eigenvalue weighted by molar-refractivity contribution is 7.99. The van der Waals surface area contributed by atoms with Gasteiger partial charge in [0.2, 0.25) is 0 Å². The van der Waals surface area contributed by atoms with Gasteiger partial charge in [-0.25, -0.2) is 4.98 Å². The number of aromatic nitrogens is 1. The third-order valence-corrected chi connectivity index (χ3v) is 3.29. The van der Waals surface area contributed by atoms with E-state index in [1.807, 2.05) is 30.3 Å². The number of nitrogens with two attached hydrogens (primary N) is 1. The second kappa shape index (κ2) is 5.55. The Morgan fingerprint density at radius 2 is 1.94 bits per heavy atom. The minimum absolute atomic E-state index is 0.0310. The molecular formula is C13H13N3OS. The number of nitrogen functional groups attached to an aromatic ring is 1. The van der Waals surface area contributed by atoms with Crippen LogP contribution in [-0.4, -0.2) is 17.9 Å². The third-order valence-electron chi connectivity index (χ3n) is 2.33. The van der Waals surface area contributed by atoms with E-state index in [-0.39, 0.29) is 5.84 Å². The van der Waals surface area contributed by atoms with Crippen molar-refractivity contribution in [1.29, 1.82) is 5.41 Å². The molecule has 0 fully saturated rings. The quantitative estimate of drug-likeness (QED) is 0.653. The molecule has 0 saturated heterocycles. The molecule has 0 atom stereocenters. The Morgan fingerprint density at radius 1 is 1.22 bits per heavy atom. The number of amidine groups is 1. The van der Waals surface area contributed by atoms with Crippen molar-refractivity contribution >= 4 is 17.6 Å². The zero-order valence-electron chi connectivity index (χ0n) is 9.88. The van der Waals surface area contributed by atoms with Crippen LogP contribution >= 0.6 is 11.8 Å². The molecule has 4 nitrogen and oxygen atoms in total. The fraction of sp³-hybridized carbons (Fsp3) is 0.0769. The van der Waals surface area contributed by atoms with Crippen molar-refractivity contribution in [1.82, 2.24) is 4.98 Å². The van der Waals surface area contributed by atoms with Gasteiger partial charge < -0.3 is 10.5 Å². The minimum Gasteiger partial charge on any atom is -0.497 e. The molecule has 1 aromatic heterocycles. The molecule has 2 rings (SSSR count). The minimum atomic E-state index is 0.0310. The maximum atomic E-state index is 7.29. The van der Waals surface area contributed by atoms with Crippen molar-refractivity contribution in [3.05, 3.63) is 48.2 Å². The Labute approximate surface area is 110 Å². The highest BCUT2D eigenvalue weighted by Crippen LogP contribution is 2.27. The van der Waals surface area contributed by atoms with E-state index in [2.05, 4.69) is 4.98 Å². The second-order valence-electron chi connectivity index (χ2n) is 3.58. The van der Waals surface area contributed by atoms with Crippen LogP contribution in [0.15, 0.2) is 52.5 Å². The molecule has 0 spiro atoms. The maximum absolute atomic E-state index is 7.29. The molecule has 3 N–H and O–H groups in total. The molecule has 2 aromatic rings. The van der Waals surface area contributed by atoms with Crippen LogP contribution in [0.1, 0.15) is 5.56 Å². The fourth-order valence-corrected chi connectivity index (χ4v) is 2.12. The van der Waals surface area contributed by atoms with Crippen LogP contribution in [0.25, 0.3) is 0 Å². The molecule has 0 saturated carbocycles. The Kier molecular flexibility index (Phi) is 3.84. The van der Waals surface area contributed by atoms with Crippen LogP contribution in [0.3, 0.4) is 0 Å². The summed E-state index contributed by atoms with van der Waals surface area (Å²) in [5.74, 6) is 0.864. The molecule has 92 valence electrons. The summed E-state index contributed by atoms with van der Waals surface area (Å²) in [6.07, 6.45) is 1.61. The first-order valence-corrected chi connectivity index (χ1v) is 6.13. The highest BCUT2D eigenvalue weighted by Gasteiger charge is 2.01. The Balaban J connectivity index is 2.10. The van der Waals surface area contributed by atoms with Gasteiger partial charge in [0.25, 0.3) is 0 Å². The zero-order chi connectivity index (χ0) is 13.0.